The maximum atomic E-state index is 6.43. The lowest BCUT2D eigenvalue weighted by atomic mass is 9.97. The van der Waals surface area contributed by atoms with Gasteiger partial charge in [-0.25, -0.2) is 0 Å². The summed E-state index contributed by atoms with van der Waals surface area (Å²) in [5, 5.41) is 4.78. The second-order valence-corrected chi connectivity index (χ2v) is 16.1. The zero-order valence-electron chi connectivity index (χ0n) is 34.4. The molecule has 0 aliphatic rings. The molecule has 0 saturated carbocycles. The van der Waals surface area contributed by atoms with E-state index in [1.165, 1.54) is 38.5 Å². The van der Waals surface area contributed by atoms with Crippen LogP contribution in [0.5, 0.6) is 0 Å². The largest absolute Gasteiger partial charge is 0.455 e. The molecular weight excluding hydrogens is 765 g/mol. The van der Waals surface area contributed by atoms with Crippen LogP contribution in [-0.4, -0.2) is 4.57 Å². The SMILES string of the molecule is c1ccc(-c2ccc(N(c3ccc(-c4ccccc4-n4c5ccccc5c5ccccc54)cc3)c3ccccc3-c3ccc(-c4cccc5c4oc4ccccc45)cc3)cc2)cc1. The van der Waals surface area contributed by atoms with E-state index in [0.717, 1.165) is 72.5 Å². The highest BCUT2D eigenvalue weighted by Crippen LogP contribution is 2.44. The Hall–Kier alpha value is -8.40. The Morgan fingerprint density at radius 2 is 0.762 bits per heavy atom. The monoisotopic (exact) mass is 804 g/mol. The fourth-order valence-corrected chi connectivity index (χ4v) is 9.46. The summed E-state index contributed by atoms with van der Waals surface area (Å²) in [6.07, 6.45) is 0. The van der Waals surface area contributed by atoms with E-state index in [9.17, 15) is 0 Å². The zero-order valence-corrected chi connectivity index (χ0v) is 34.4. The number of hydrogen-bond donors (Lipinski definition) is 0. The Labute approximate surface area is 366 Å². The Morgan fingerprint density at radius 1 is 0.302 bits per heavy atom. The molecule has 12 rings (SSSR count). The second-order valence-electron chi connectivity index (χ2n) is 16.1. The summed E-state index contributed by atoms with van der Waals surface area (Å²) in [7, 11) is 0. The van der Waals surface area contributed by atoms with E-state index in [0.29, 0.717) is 0 Å². The molecule has 0 aliphatic heterocycles. The number of rotatable bonds is 8. The van der Waals surface area contributed by atoms with Gasteiger partial charge in [0.25, 0.3) is 0 Å². The van der Waals surface area contributed by atoms with Crippen molar-refractivity contribution in [1.82, 2.24) is 4.57 Å². The molecule has 0 amide bonds. The smallest absolute Gasteiger partial charge is 0.143 e. The van der Waals surface area contributed by atoms with Crippen molar-refractivity contribution in [3.63, 3.8) is 0 Å². The lowest BCUT2D eigenvalue weighted by Crippen LogP contribution is -2.11. The molecule has 3 nitrogen and oxygen atoms in total. The molecule has 2 heterocycles. The Kier molecular flexibility index (Phi) is 8.83. The highest BCUT2D eigenvalue weighted by atomic mass is 16.3. The topological polar surface area (TPSA) is 21.3 Å². The predicted octanol–water partition coefficient (Wildman–Crippen LogP) is 16.8. The Balaban J connectivity index is 0.959. The van der Waals surface area contributed by atoms with E-state index in [-0.39, 0.29) is 0 Å². The molecule has 0 spiro atoms. The van der Waals surface area contributed by atoms with Gasteiger partial charge in [0.1, 0.15) is 11.2 Å². The van der Waals surface area contributed by atoms with Crippen molar-refractivity contribution in [2.45, 2.75) is 0 Å². The van der Waals surface area contributed by atoms with Crippen LogP contribution in [0.25, 0.3) is 93.9 Å². The van der Waals surface area contributed by atoms with Crippen molar-refractivity contribution in [3.8, 4) is 50.2 Å². The van der Waals surface area contributed by atoms with Gasteiger partial charge in [-0.15, -0.1) is 0 Å². The molecule has 0 fully saturated rings. The van der Waals surface area contributed by atoms with E-state index in [1.54, 1.807) is 0 Å². The lowest BCUT2D eigenvalue weighted by Gasteiger charge is -2.28. The summed E-state index contributed by atoms with van der Waals surface area (Å²) in [5.74, 6) is 0. The molecular formula is C60H40N2O. The van der Waals surface area contributed by atoms with Crippen LogP contribution in [0.2, 0.25) is 0 Å². The molecule has 0 radical (unpaired) electrons. The summed E-state index contributed by atoms with van der Waals surface area (Å²) in [6, 6.07) is 87.0. The summed E-state index contributed by atoms with van der Waals surface area (Å²) in [4.78, 5) is 2.38. The fourth-order valence-electron chi connectivity index (χ4n) is 9.46. The molecule has 0 N–H and O–H groups in total. The minimum Gasteiger partial charge on any atom is -0.455 e. The quantitative estimate of drug-likeness (QED) is 0.153. The first-order valence-corrected chi connectivity index (χ1v) is 21.5. The van der Waals surface area contributed by atoms with E-state index < -0.39 is 0 Å². The fraction of sp³-hybridized carbons (Fsp3) is 0. The molecule has 3 heteroatoms. The molecule has 2 aromatic heterocycles. The maximum Gasteiger partial charge on any atom is 0.143 e. The van der Waals surface area contributed by atoms with Crippen molar-refractivity contribution >= 4 is 60.8 Å². The molecule has 0 aliphatic carbocycles. The summed E-state index contributed by atoms with van der Waals surface area (Å²) >= 11 is 0. The van der Waals surface area contributed by atoms with Gasteiger partial charge in [0, 0.05) is 49.6 Å². The molecule has 0 saturated heterocycles. The van der Waals surface area contributed by atoms with E-state index in [4.69, 9.17) is 4.42 Å². The lowest BCUT2D eigenvalue weighted by molar-refractivity contribution is 0.670. The number of nitrogens with zero attached hydrogens (tertiary/aromatic N) is 2. The normalized spacial score (nSPS) is 11.5. The maximum absolute atomic E-state index is 6.43. The molecule has 296 valence electrons. The Bertz CT molecular complexity index is 3550. The van der Waals surface area contributed by atoms with Crippen molar-refractivity contribution in [3.05, 3.63) is 243 Å². The van der Waals surface area contributed by atoms with Gasteiger partial charge in [0.05, 0.1) is 22.4 Å². The molecule has 0 unspecified atom stereocenters. The van der Waals surface area contributed by atoms with Gasteiger partial charge in [-0.1, -0.05) is 188 Å². The molecule has 63 heavy (non-hydrogen) atoms. The van der Waals surface area contributed by atoms with Gasteiger partial charge in [-0.3, -0.25) is 0 Å². The minimum absolute atomic E-state index is 0.905. The van der Waals surface area contributed by atoms with E-state index in [1.807, 2.05) is 12.1 Å². The third kappa shape index (κ3) is 6.29. The van der Waals surface area contributed by atoms with Gasteiger partial charge in [-0.05, 0) is 82.4 Å². The minimum atomic E-state index is 0.905. The number of fused-ring (bicyclic) bond motifs is 6. The Morgan fingerprint density at radius 3 is 1.46 bits per heavy atom. The number of anilines is 3. The van der Waals surface area contributed by atoms with Crippen LogP contribution in [0.1, 0.15) is 0 Å². The van der Waals surface area contributed by atoms with E-state index >= 15 is 0 Å². The molecule has 0 bridgehead atoms. The second kappa shape index (κ2) is 15.3. The van der Waals surface area contributed by atoms with Crippen LogP contribution in [0.15, 0.2) is 247 Å². The number of benzene rings is 10. The third-order valence-corrected chi connectivity index (χ3v) is 12.5. The van der Waals surface area contributed by atoms with Crippen LogP contribution in [0.4, 0.5) is 17.1 Å². The van der Waals surface area contributed by atoms with Gasteiger partial charge >= 0.3 is 0 Å². The number of para-hydroxylation sites is 6. The first-order valence-electron chi connectivity index (χ1n) is 21.5. The predicted molar refractivity (Wildman–Crippen MR) is 264 cm³/mol. The molecule has 12 aromatic rings. The summed E-state index contributed by atoms with van der Waals surface area (Å²) in [5.41, 5.74) is 17.8. The van der Waals surface area contributed by atoms with Crippen molar-refractivity contribution in [1.29, 1.82) is 0 Å². The number of furan rings is 1. The third-order valence-electron chi connectivity index (χ3n) is 12.5. The van der Waals surface area contributed by atoms with Crippen LogP contribution in [0.3, 0.4) is 0 Å². The van der Waals surface area contributed by atoms with Crippen LogP contribution in [-0.2, 0) is 0 Å². The van der Waals surface area contributed by atoms with Crippen LogP contribution < -0.4 is 4.90 Å². The van der Waals surface area contributed by atoms with Crippen molar-refractivity contribution in [2.24, 2.45) is 0 Å². The molecule has 0 atom stereocenters. The van der Waals surface area contributed by atoms with Gasteiger partial charge in [0.2, 0.25) is 0 Å². The zero-order chi connectivity index (χ0) is 41.7. The average molecular weight is 805 g/mol. The van der Waals surface area contributed by atoms with Gasteiger partial charge in [-0.2, -0.15) is 0 Å². The highest BCUT2D eigenvalue weighted by Gasteiger charge is 2.20. The van der Waals surface area contributed by atoms with Crippen molar-refractivity contribution < 1.29 is 4.42 Å². The van der Waals surface area contributed by atoms with Gasteiger partial charge in [0.15, 0.2) is 0 Å². The van der Waals surface area contributed by atoms with Gasteiger partial charge < -0.3 is 13.9 Å². The number of aromatic nitrogens is 1. The summed E-state index contributed by atoms with van der Waals surface area (Å²) in [6.45, 7) is 0. The van der Waals surface area contributed by atoms with Crippen LogP contribution in [0, 0.1) is 0 Å². The standard InChI is InChI=1S/C60H40N2O/c1-2-15-41(16-3-1)42-33-37-46(38-34-42)61(47-39-35-44(36-40-47)49-18-5-10-25-56(49)62-57-26-11-6-19-51(57)52-20-7-12-27-58(52)62)55-24-9-4-17-48(55)43-29-31-45(32-30-43)50-22-14-23-54-53-21-8-13-28-59(53)63-60(50)54/h1-40H. The average Bonchev–Trinajstić information content (AvgIpc) is 3.91. The van der Waals surface area contributed by atoms with E-state index in [2.05, 4.69) is 240 Å². The van der Waals surface area contributed by atoms with Crippen LogP contribution >= 0.6 is 0 Å². The first-order chi connectivity index (χ1) is 31.3. The number of hydrogen-bond acceptors (Lipinski definition) is 2. The van der Waals surface area contributed by atoms with Crippen molar-refractivity contribution in [2.75, 3.05) is 4.90 Å². The first kappa shape index (κ1) is 36.5. The summed E-state index contributed by atoms with van der Waals surface area (Å²) < 4.78 is 8.84. The molecule has 10 aromatic carbocycles. The highest BCUT2D eigenvalue weighted by molar-refractivity contribution is 6.11.